The number of hydrogen-bond donors (Lipinski definition) is 3. The lowest BCUT2D eigenvalue weighted by atomic mass is 10.0. The highest BCUT2D eigenvalue weighted by molar-refractivity contribution is 5.96. The van der Waals surface area contributed by atoms with Gasteiger partial charge in [0.25, 0.3) is 5.91 Å². The standard InChI is InChI=1S/C22H29N3O2/c1-5-19(16-9-7-6-8-10-16)23-15-20(26)24-18-13-11-17(12-14-18)21(27)25-22(2,3)4/h6-14,19,23H,5,15H2,1-4H3,(H,24,26)(H,25,27). The average Bonchev–Trinajstić information content (AvgIpc) is 2.62. The number of rotatable bonds is 7. The number of benzene rings is 2. The summed E-state index contributed by atoms with van der Waals surface area (Å²) in [6.07, 6.45) is 0.898. The topological polar surface area (TPSA) is 70.2 Å². The Bertz CT molecular complexity index is 749. The summed E-state index contributed by atoms with van der Waals surface area (Å²) in [6.45, 7) is 8.12. The van der Waals surface area contributed by atoms with E-state index in [0.29, 0.717) is 11.3 Å². The Morgan fingerprint density at radius 3 is 2.15 bits per heavy atom. The summed E-state index contributed by atoms with van der Waals surface area (Å²) >= 11 is 0. The highest BCUT2D eigenvalue weighted by Gasteiger charge is 2.15. The van der Waals surface area contributed by atoms with Crippen molar-refractivity contribution < 1.29 is 9.59 Å². The van der Waals surface area contributed by atoms with Crippen LogP contribution in [0.5, 0.6) is 0 Å². The Hall–Kier alpha value is -2.66. The fraction of sp³-hybridized carbons (Fsp3) is 0.364. The molecule has 1 atom stereocenters. The van der Waals surface area contributed by atoms with Gasteiger partial charge in [-0.2, -0.15) is 0 Å². The molecule has 0 heterocycles. The third kappa shape index (κ3) is 6.87. The molecule has 1 unspecified atom stereocenters. The summed E-state index contributed by atoms with van der Waals surface area (Å²) in [5.41, 5.74) is 2.12. The summed E-state index contributed by atoms with van der Waals surface area (Å²) in [6, 6.07) is 17.1. The predicted octanol–water partition coefficient (Wildman–Crippen LogP) is 3.89. The second-order valence-electron chi connectivity index (χ2n) is 7.58. The minimum atomic E-state index is -0.287. The number of amides is 2. The molecule has 2 aromatic carbocycles. The third-order valence-electron chi connectivity index (χ3n) is 4.04. The van der Waals surface area contributed by atoms with Gasteiger partial charge in [-0.25, -0.2) is 0 Å². The summed E-state index contributed by atoms with van der Waals surface area (Å²) in [5, 5.41) is 9.05. The van der Waals surface area contributed by atoms with Gasteiger partial charge in [-0.15, -0.1) is 0 Å². The first kappa shape index (κ1) is 20.6. The summed E-state index contributed by atoms with van der Waals surface area (Å²) in [4.78, 5) is 24.3. The van der Waals surface area contributed by atoms with Crippen LogP contribution in [0.4, 0.5) is 5.69 Å². The summed E-state index contributed by atoms with van der Waals surface area (Å²) in [7, 11) is 0. The number of hydrogen-bond acceptors (Lipinski definition) is 3. The molecule has 2 amide bonds. The molecule has 144 valence electrons. The quantitative estimate of drug-likeness (QED) is 0.695. The van der Waals surface area contributed by atoms with Crippen LogP contribution in [-0.4, -0.2) is 23.9 Å². The van der Waals surface area contributed by atoms with Crippen LogP contribution < -0.4 is 16.0 Å². The zero-order valence-electron chi connectivity index (χ0n) is 16.5. The molecule has 0 aliphatic rings. The van der Waals surface area contributed by atoms with E-state index in [1.807, 2.05) is 39.0 Å². The van der Waals surface area contributed by atoms with Crippen molar-refractivity contribution in [3.63, 3.8) is 0 Å². The van der Waals surface area contributed by atoms with Gasteiger partial charge in [-0.3, -0.25) is 9.59 Å². The molecule has 0 fully saturated rings. The van der Waals surface area contributed by atoms with E-state index in [9.17, 15) is 9.59 Å². The Balaban J connectivity index is 1.87. The monoisotopic (exact) mass is 367 g/mol. The van der Waals surface area contributed by atoms with Crippen LogP contribution in [0.1, 0.15) is 56.1 Å². The Morgan fingerprint density at radius 1 is 0.963 bits per heavy atom. The molecule has 0 saturated heterocycles. The molecule has 0 radical (unpaired) electrons. The normalized spacial score (nSPS) is 12.3. The van der Waals surface area contributed by atoms with Crippen molar-refractivity contribution in [1.82, 2.24) is 10.6 Å². The highest BCUT2D eigenvalue weighted by Crippen LogP contribution is 2.16. The summed E-state index contributed by atoms with van der Waals surface area (Å²) < 4.78 is 0. The number of carbonyl (C=O) groups is 2. The molecule has 0 aliphatic carbocycles. The summed E-state index contributed by atoms with van der Waals surface area (Å²) in [5.74, 6) is -0.244. The molecule has 2 rings (SSSR count). The minimum absolute atomic E-state index is 0.115. The van der Waals surface area contributed by atoms with Gasteiger partial charge >= 0.3 is 0 Å². The molecule has 0 bridgehead atoms. The molecule has 0 aromatic heterocycles. The zero-order valence-corrected chi connectivity index (χ0v) is 16.5. The number of carbonyl (C=O) groups excluding carboxylic acids is 2. The largest absolute Gasteiger partial charge is 0.347 e. The van der Waals surface area contributed by atoms with Crippen LogP contribution in [0.2, 0.25) is 0 Å². The molecule has 27 heavy (non-hydrogen) atoms. The van der Waals surface area contributed by atoms with Gasteiger partial charge in [0, 0.05) is 22.8 Å². The average molecular weight is 367 g/mol. The zero-order chi connectivity index (χ0) is 19.9. The van der Waals surface area contributed by atoms with Gasteiger partial charge < -0.3 is 16.0 Å². The molecule has 0 saturated carbocycles. The Kier molecular flexibility index (Phi) is 7.13. The first-order valence-corrected chi connectivity index (χ1v) is 9.29. The van der Waals surface area contributed by atoms with Gasteiger partial charge in [-0.1, -0.05) is 37.3 Å². The molecule has 5 nitrogen and oxygen atoms in total. The highest BCUT2D eigenvalue weighted by atomic mass is 16.2. The molecular weight excluding hydrogens is 338 g/mol. The number of nitrogens with one attached hydrogen (secondary N) is 3. The molecule has 0 aliphatic heterocycles. The fourth-order valence-corrected chi connectivity index (χ4v) is 2.72. The molecular formula is C22H29N3O2. The third-order valence-corrected chi connectivity index (χ3v) is 4.04. The van der Waals surface area contributed by atoms with Crippen LogP contribution in [0.15, 0.2) is 54.6 Å². The maximum absolute atomic E-state index is 12.2. The Morgan fingerprint density at radius 2 is 1.59 bits per heavy atom. The van der Waals surface area contributed by atoms with Crippen LogP contribution in [-0.2, 0) is 4.79 Å². The molecule has 2 aromatic rings. The molecule has 5 heteroatoms. The van der Waals surface area contributed by atoms with E-state index in [2.05, 4.69) is 35.0 Å². The second-order valence-corrected chi connectivity index (χ2v) is 7.58. The van der Waals surface area contributed by atoms with E-state index in [1.54, 1.807) is 24.3 Å². The van der Waals surface area contributed by atoms with Gasteiger partial charge in [0.05, 0.1) is 6.54 Å². The van der Waals surface area contributed by atoms with E-state index in [1.165, 1.54) is 5.56 Å². The fourth-order valence-electron chi connectivity index (χ4n) is 2.72. The Labute approximate surface area is 161 Å². The maximum atomic E-state index is 12.2. The van der Waals surface area contributed by atoms with Crippen molar-refractivity contribution in [2.45, 2.75) is 45.7 Å². The van der Waals surface area contributed by atoms with E-state index < -0.39 is 0 Å². The van der Waals surface area contributed by atoms with Gasteiger partial charge in [-0.05, 0) is 57.0 Å². The molecule has 0 spiro atoms. The first-order valence-electron chi connectivity index (χ1n) is 9.29. The van der Waals surface area contributed by atoms with Gasteiger partial charge in [0.2, 0.25) is 5.91 Å². The SMILES string of the molecule is CCC(NCC(=O)Nc1ccc(C(=O)NC(C)(C)C)cc1)c1ccccc1. The lowest BCUT2D eigenvalue weighted by Gasteiger charge is -2.20. The van der Waals surface area contributed by atoms with E-state index in [-0.39, 0.29) is 29.9 Å². The van der Waals surface area contributed by atoms with Crippen molar-refractivity contribution in [1.29, 1.82) is 0 Å². The van der Waals surface area contributed by atoms with Gasteiger partial charge in [0.15, 0.2) is 0 Å². The van der Waals surface area contributed by atoms with Crippen LogP contribution >= 0.6 is 0 Å². The van der Waals surface area contributed by atoms with Crippen LogP contribution in [0.3, 0.4) is 0 Å². The lowest BCUT2D eigenvalue weighted by molar-refractivity contribution is -0.115. The first-order chi connectivity index (χ1) is 12.8. The van der Waals surface area contributed by atoms with Crippen molar-refractivity contribution in [3.05, 3.63) is 65.7 Å². The number of anilines is 1. The maximum Gasteiger partial charge on any atom is 0.251 e. The van der Waals surface area contributed by atoms with E-state index in [0.717, 1.165) is 6.42 Å². The van der Waals surface area contributed by atoms with Crippen LogP contribution in [0.25, 0.3) is 0 Å². The van der Waals surface area contributed by atoms with Crippen molar-refractivity contribution in [3.8, 4) is 0 Å². The van der Waals surface area contributed by atoms with Gasteiger partial charge in [0.1, 0.15) is 0 Å². The molecule has 3 N–H and O–H groups in total. The van der Waals surface area contributed by atoms with E-state index >= 15 is 0 Å². The van der Waals surface area contributed by atoms with Crippen molar-refractivity contribution >= 4 is 17.5 Å². The smallest absolute Gasteiger partial charge is 0.251 e. The van der Waals surface area contributed by atoms with E-state index in [4.69, 9.17) is 0 Å². The van der Waals surface area contributed by atoms with Crippen molar-refractivity contribution in [2.24, 2.45) is 0 Å². The van der Waals surface area contributed by atoms with Crippen molar-refractivity contribution in [2.75, 3.05) is 11.9 Å². The minimum Gasteiger partial charge on any atom is -0.347 e. The lowest BCUT2D eigenvalue weighted by Crippen LogP contribution is -2.40. The van der Waals surface area contributed by atoms with Crippen LogP contribution in [0, 0.1) is 0 Å². The second kappa shape index (κ2) is 9.33. The predicted molar refractivity (Wildman–Crippen MR) is 110 cm³/mol.